The zero-order chi connectivity index (χ0) is 13.8. The molecule has 1 aromatic rings. The van der Waals surface area contributed by atoms with E-state index in [0.717, 1.165) is 12.1 Å². The number of alkyl halides is 3. The molecule has 18 heavy (non-hydrogen) atoms. The van der Waals surface area contributed by atoms with Crippen LogP contribution >= 0.6 is 0 Å². The number of nitrogens with one attached hydrogen (secondary N) is 1. The number of rotatable bonds is 4. The van der Waals surface area contributed by atoms with Crippen LogP contribution < -0.4 is 5.32 Å². The van der Waals surface area contributed by atoms with Crippen molar-refractivity contribution in [1.82, 2.24) is 5.32 Å². The molecule has 1 aromatic carbocycles. The lowest BCUT2D eigenvalue weighted by atomic mass is 10.1. The molecular weight excluding hydrogens is 243 g/mol. The Hall–Kier alpha value is -1.52. The van der Waals surface area contributed by atoms with Crippen molar-refractivity contribution in [3.8, 4) is 0 Å². The highest BCUT2D eigenvalue weighted by Crippen LogP contribution is 2.29. The first kappa shape index (κ1) is 14.5. The van der Waals surface area contributed by atoms with E-state index in [1.165, 1.54) is 6.07 Å². The largest absolute Gasteiger partial charge is 0.416 e. The van der Waals surface area contributed by atoms with Crippen molar-refractivity contribution in [3.63, 3.8) is 0 Å². The summed E-state index contributed by atoms with van der Waals surface area (Å²) in [5, 5.41) is 2.60. The van der Waals surface area contributed by atoms with Gasteiger partial charge in [0.2, 0.25) is 5.91 Å². The SMILES string of the molecule is CC(C)CC(=O)NCc1cccc(C(F)(F)F)c1. The number of hydrogen-bond donors (Lipinski definition) is 1. The third-order valence-corrected chi connectivity index (χ3v) is 2.34. The molecule has 1 rings (SSSR count). The van der Waals surface area contributed by atoms with E-state index in [-0.39, 0.29) is 18.4 Å². The molecule has 0 saturated heterocycles. The van der Waals surface area contributed by atoms with Crippen molar-refractivity contribution >= 4 is 5.91 Å². The minimum Gasteiger partial charge on any atom is -0.352 e. The molecule has 0 fully saturated rings. The van der Waals surface area contributed by atoms with Crippen LogP contribution in [0.2, 0.25) is 0 Å². The average molecular weight is 259 g/mol. The van der Waals surface area contributed by atoms with E-state index in [1.54, 1.807) is 6.07 Å². The maximum absolute atomic E-state index is 12.5. The Balaban J connectivity index is 2.61. The second-order valence-electron chi connectivity index (χ2n) is 4.57. The molecule has 0 unspecified atom stereocenters. The van der Waals surface area contributed by atoms with Crippen LogP contribution in [-0.4, -0.2) is 5.91 Å². The lowest BCUT2D eigenvalue weighted by Gasteiger charge is -2.10. The van der Waals surface area contributed by atoms with Crippen LogP contribution in [0.3, 0.4) is 0 Å². The first-order valence-electron chi connectivity index (χ1n) is 5.72. The topological polar surface area (TPSA) is 29.1 Å². The lowest BCUT2D eigenvalue weighted by molar-refractivity contribution is -0.137. The van der Waals surface area contributed by atoms with Gasteiger partial charge in [-0.1, -0.05) is 26.0 Å². The fraction of sp³-hybridized carbons (Fsp3) is 0.462. The molecule has 1 amide bonds. The highest BCUT2D eigenvalue weighted by atomic mass is 19.4. The number of halogens is 3. The number of hydrogen-bond acceptors (Lipinski definition) is 1. The Labute approximate surface area is 104 Å². The number of carbonyl (C=O) groups excluding carboxylic acids is 1. The first-order valence-corrected chi connectivity index (χ1v) is 5.72. The summed E-state index contributed by atoms with van der Waals surface area (Å²) in [5.41, 5.74) is -0.250. The van der Waals surface area contributed by atoms with Crippen LogP contribution in [0.15, 0.2) is 24.3 Å². The Morgan fingerprint density at radius 3 is 2.56 bits per heavy atom. The maximum Gasteiger partial charge on any atom is 0.416 e. The predicted octanol–water partition coefficient (Wildman–Crippen LogP) is 3.37. The monoisotopic (exact) mass is 259 g/mol. The Morgan fingerprint density at radius 2 is 2.00 bits per heavy atom. The summed E-state index contributed by atoms with van der Waals surface area (Å²) < 4.78 is 37.4. The van der Waals surface area contributed by atoms with Crippen LogP contribution in [0.5, 0.6) is 0 Å². The van der Waals surface area contributed by atoms with Gasteiger partial charge in [0.25, 0.3) is 0 Å². The Bertz CT molecular complexity index is 413. The molecule has 0 saturated carbocycles. The van der Waals surface area contributed by atoms with Crippen molar-refractivity contribution in [2.75, 3.05) is 0 Å². The quantitative estimate of drug-likeness (QED) is 0.882. The van der Waals surface area contributed by atoms with E-state index >= 15 is 0 Å². The van der Waals surface area contributed by atoms with Crippen molar-refractivity contribution in [1.29, 1.82) is 0 Å². The molecule has 0 spiro atoms. The van der Waals surface area contributed by atoms with E-state index in [2.05, 4.69) is 5.32 Å². The number of carbonyl (C=O) groups is 1. The lowest BCUT2D eigenvalue weighted by Crippen LogP contribution is -2.24. The molecule has 0 atom stereocenters. The molecule has 0 aromatic heterocycles. The maximum atomic E-state index is 12.5. The molecule has 5 heteroatoms. The Kier molecular flexibility index (Phi) is 4.76. The Morgan fingerprint density at radius 1 is 1.33 bits per heavy atom. The molecule has 0 radical (unpaired) electrons. The van der Waals surface area contributed by atoms with E-state index in [9.17, 15) is 18.0 Å². The highest BCUT2D eigenvalue weighted by Gasteiger charge is 2.30. The summed E-state index contributed by atoms with van der Waals surface area (Å²) in [6, 6.07) is 4.97. The zero-order valence-corrected chi connectivity index (χ0v) is 10.3. The minimum absolute atomic E-state index is 0.121. The van der Waals surface area contributed by atoms with Crippen LogP contribution in [0, 0.1) is 5.92 Å². The number of benzene rings is 1. The van der Waals surface area contributed by atoms with Gasteiger partial charge in [0, 0.05) is 13.0 Å². The molecule has 0 aliphatic heterocycles. The summed E-state index contributed by atoms with van der Waals surface area (Å²) in [7, 11) is 0. The van der Waals surface area contributed by atoms with Crippen molar-refractivity contribution in [3.05, 3.63) is 35.4 Å². The summed E-state index contributed by atoms with van der Waals surface area (Å²) in [4.78, 5) is 11.4. The van der Waals surface area contributed by atoms with Gasteiger partial charge in [-0.05, 0) is 23.6 Å². The molecule has 100 valence electrons. The standard InChI is InChI=1S/C13H16F3NO/c1-9(2)6-12(18)17-8-10-4-3-5-11(7-10)13(14,15)16/h3-5,7,9H,6,8H2,1-2H3,(H,17,18). The molecule has 0 bridgehead atoms. The fourth-order valence-corrected chi connectivity index (χ4v) is 1.50. The average Bonchev–Trinajstić information content (AvgIpc) is 2.25. The first-order chi connectivity index (χ1) is 8.29. The van der Waals surface area contributed by atoms with Gasteiger partial charge in [0.1, 0.15) is 0 Å². The molecule has 2 nitrogen and oxygen atoms in total. The van der Waals surface area contributed by atoms with Crippen LogP contribution in [0.4, 0.5) is 13.2 Å². The van der Waals surface area contributed by atoms with Gasteiger partial charge in [-0.3, -0.25) is 4.79 Å². The molecule has 1 N–H and O–H groups in total. The van der Waals surface area contributed by atoms with Gasteiger partial charge in [-0.15, -0.1) is 0 Å². The van der Waals surface area contributed by atoms with Crippen molar-refractivity contribution in [2.24, 2.45) is 5.92 Å². The number of amides is 1. The van der Waals surface area contributed by atoms with E-state index in [4.69, 9.17) is 0 Å². The van der Waals surface area contributed by atoms with Gasteiger partial charge >= 0.3 is 6.18 Å². The van der Waals surface area contributed by atoms with Crippen molar-refractivity contribution < 1.29 is 18.0 Å². The smallest absolute Gasteiger partial charge is 0.352 e. The summed E-state index contributed by atoms with van der Waals surface area (Å²) >= 11 is 0. The van der Waals surface area contributed by atoms with Crippen LogP contribution in [-0.2, 0) is 17.5 Å². The zero-order valence-electron chi connectivity index (χ0n) is 10.3. The summed E-state index contributed by atoms with van der Waals surface area (Å²) in [5.74, 6) is 0.0777. The molecule has 0 aliphatic rings. The van der Waals surface area contributed by atoms with Gasteiger partial charge < -0.3 is 5.32 Å². The molecule has 0 aliphatic carbocycles. The summed E-state index contributed by atoms with van der Waals surface area (Å²) in [6.07, 6.45) is -3.98. The van der Waals surface area contributed by atoms with E-state index in [0.29, 0.717) is 12.0 Å². The normalized spacial score (nSPS) is 11.7. The van der Waals surface area contributed by atoms with E-state index in [1.807, 2.05) is 13.8 Å². The summed E-state index contributed by atoms with van der Waals surface area (Å²) in [6.45, 7) is 3.93. The second-order valence-corrected chi connectivity index (χ2v) is 4.57. The van der Waals surface area contributed by atoms with Crippen molar-refractivity contribution in [2.45, 2.75) is 33.0 Å². The van der Waals surface area contributed by atoms with Gasteiger partial charge in [0.15, 0.2) is 0 Å². The van der Waals surface area contributed by atoms with Gasteiger partial charge in [0.05, 0.1) is 5.56 Å². The predicted molar refractivity (Wildman–Crippen MR) is 62.7 cm³/mol. The van der Waals surface area contributed by atoms with E-state index < -0.39 is 11.7 Å². The molecular formula is C13H16F3NO. The van der Waals surface area contributed by atoms with Crippen LogP contribution in [0.1, 0.15) is 31.4 Å². The van der Waals surface area contributed by atoms with Gasteiger partial charge in [-0.25, -0.2) is 0 Å². The third-order valence-electron chi connectivity index (χ3n) is 2.34. The van der Waals surface area contributed by atoms with Gasteiger partial charge in [-0.2, -0.15) is 13.2 Å². The second kappa shape index (κ2) is 5.89. The third kappa shape index (κ3) is 4.77. The minimum atomic E-state index is -4.35. The fourth-order valence-electron chi connectivity index (χ4n) is 1.50. The van der Waals surface area contributed by atoms with Crippen LogP contribution in [0.25, 0.3) is 0 Å². The highest BCUT2D eigenvalue weighted by molar-refractivity contribution is 5.76. The molecule has 0 heterocycles.